The molecule has 0 aliphatic heterocycles. The van der Waals surface area contributed by atoms with Crippen LogP contribution in [0.15, 0.2) is 0 Å². The molecule has 0 radical (unpaired) electrons. The fraction of sp³-hybridized carbons (Fsp3) is 0.870. The van der Waals surface area contributed by atoms with Crippen molar-refractivity contribution in [2.24, 2.45) is 34.5 Å². The smallest absolute Gasteiger partial charge is 0.303 e. The summed E-state index contributed by atoms with van der Waals surface area (Å²) < 4.78 is 11.1. The monoisotopic (exact) mass is 390 g/mol. The van der Waals surface area contributed by atoms with Crippen LogP contribution in [0.1, 0.15) is 79.1 Å². The summed E-state index contributed by atoms with van der Waals surface area (Å²) in [4.78, 5) is 35.6. The van der Waals surface area contributed by atoms with Crippen molar-refractivity contribution in [3.05, 3.63) is 0 Å². The third kappa shape index (κ3) is 3.00. The highest BCUT2D eigenvalue weighted by Gasteiger charge is 2.62. The third-order valence-corrected chi connectivity index (χ3v) is 9.03. The van der Waals surface area contributed by atoms with Gasteiger partial charge in [0.25, 0.3) is 0 Å². The number of fused-ring (bicyclic) bond motifs is 5. The van der Waals surface area contributed by atoms with Crippen LogP contribution in [0.25, 0.3) is 0 Å². The summed E-state index contributed by atoms with van der Waals surface area (Å²) in [5.74, 6) is 1.75. The molecule has 4 rings (SSSR count). The van der Waals surface area contributed by atoms with E-state index in [1.165, 1.54) is 20.3 Å². The minimum atomic E-state index is -0.566. The molecule has 0 heterocycles. The first kappa shape index (κ1) is 19.9. The Bertz CT molecular complexity index is 686. The number of hydrogen-bond donors (Lipinski definition) is 0. The topological polar surface area (TPSA) is 69.7 Å². The molecule has 0 bridgehead atoms. The number of carbonyl (C=O) groups is 3. The van der Waals surface area contributed by atoms with E-state index in [0.29, 0.717) is 36.5 Å². The molecule has 5 nitrogen and oxygen atoms in total. The van der Waals surface area contributed by atoms with Crippen LogP contribution < -0.4 is 0 Å². The van der Waals surface area contributed by atoms with Crippen molar-refractivity contribution in [2.45, 2.75) is 91.3 Å². The summed E-state index contributed by atoms with van der Waals surface area (Å²) >= 11 is 0. The summed E-state index contributed by atoms with van der Waals surface area (Å²) in [6, 6.07) is 0. The number of Topliss-reactive ketones (excluding diaryl/α,β-unsaturated/α-hetero) is 1. The number of hydrogen-bond acceptors (Lipinski definition) is 5. The van der Waals surface area contributed by atoms with Crippen LogP contribution in [0.5, 0.6) is 0 Å². The van der Waals surface area contributed by atoms with Crippen molar-refractivity contribution < 1.29 is 23.9 Å². The quantitative estimate of drug-likeness (QED) is 0.665. The lowest BCUT2D eigenvalue weighted by Gasteiger charge is -2.60. The molecule has 4 aliphatic rings. The van der Waals surface area contributed by atoms with Gasteiger partial charge in [-0.15, -0.1) is 0 Å². The van der Waals surface area contributed by atoms with Gasteiger partial charge in [-0.25, -0.2) is 0 Å². The molecule has 0 aromatic carbocycles. The van der Waals surface area contributed by atoms with Gasteiger partial charge in [0.1, 0.15) is 6.10 Å². The molecule has 0 amide bonds. The van der Waals surface area contributed by atoms with Gasteiger partial charge >= 0.3 is 11.9 Å². The van der Waals surface area contributed by atoms with Gasteiger partial charge in [0.2, 0.25) is 0 Å². The zero-order chi connectivity index (χ0) is 20.3. The molecule has 156 valence electrons. The number of ketones is 1. The molecular weight excluding hydrogens is 356 g/mol. The van der Waals surface area contributed by atoms with Crippen LogP contribution in [0.4, 0.5) is 0 Å². The van der Waals surface area contributed by atoms with Gasteiger partial charge in [-0.3, -0.25) is 14.4 Å². The number of ether oxygens (including phenoxy) is 2. The van der Waals surface area contributed by atoms with Crippen LogP contribution >= 0.6 is 0 Å². The van der Waals surface area contributed by atoms with Crippen LogP contribution in [0.3, 0.4) is 0 Å². The zero-order valence-electron chi connectivity index (χ0n) is 17.7. The van der Waals surface area contributed by atoms with Crippen molar-refractivity contribution in [2.75, 3.05) is 0 Å². The van der Waals surface area contributed by atoms with E-state index in [1.54, 1.807) is 0 Å². The second-order valence-electron chi connectivity index (χ2n) is 10.3. The fourth-order valence-electron chi connectivity index (χ4n) is 7.73. The van der Waals surface area contributed by atoms with Gasteiger partial charge in [-0.1, -0.05) is 13.8 Å². The Hall–Kier alpha value is -1.39. The standard InChI is InChI=1S/C23H34O5/c1-13(24)27-20-12-23(4)15(11-19(20)26)5-6-16-17-7-8-21(28-14(2)25)22(17,3)10-9-18(16)23/h15-18,20-21H,5-12H2,1-4H3/t15-,16+,17-,18+,20+,21+,22-,23-/m0/s1. The van der Waals surface area contributed by atoms with Crippen LogP contribution in [0.2, 0.25) is 0 Å². The predicted molar refractivity (Wildman–Crippen MR) is 103 cm³/mol. The maximum atomic E-state index is 12.5. The molecule has 0 unspecified atom stereocenters. The highest BCUT2D eigenvalue weighted by molar-refractivity contribution is 5.86. The first-order chi connectivity index (χ1) is 13.1. The normalized spacial score (nSPS) is 47.5. The molecule has 0 N–H and O–H groups in total. The summed E-state index contributed by atoms with van der Waals surface area (Å²) in [7, 11) is 0. The summed E-state index contributed by atoms with van der Waals surface area (Å²) in [5, 5.41) is 0. The van der Waals surface area contributed by atoms with E-state index in [1.807, 2.05) is 0 Å². The fourth-order valence-corrected chi connectivity index (χ4v) is 7.73. The average molecular weight is 391 g/mol. The lowest BCUT2D eigenvalue weighted by molar-refractivity contribution is -0.175. The molecule has 4 fully saturated rings. The van der Waals surface area contributed by atoms with E-state index < -0.39 is 6.10 Å². The number of rotatable bonds is 2. The van der Waals surface area contributed by atoms with E-state index >= 15 is 0 Å². The molecule has 0 aromatic rings. The molecule has 4 aliphatic carbocycles. The van der Waals surface area contributed by atoms with Gasteiger partial charge in [0.15, 0.2) is 11.9 Å². The first-order valence-corrected chi connectivity index (χ1v) is 11.0. The molecule has 28 heavy (non-hydrogen) atoms. The molecule has 0 spiro atoms. The summed E-state index contributed by atoms with van der Waals surface area (Å²) in [6.07, 6.45) is 7.25. The van der Waals surface area contributed by atoms with Crippen molar-refractivity contribution >= 4 is 17.7 Å². The number of carbonyl (C=O) groups excluding carboxylic acids is 3. The zero-order valence-corrected chi connectivity index (χ0v) is 17.7. The van der Waals surface area contributed by atoms with E-state index in [0.717, 1.165) is 32.1 Å². The van der Waals surface area contributed by atoms with Crippen molar-refractivity contribution in [1.29, 1.82) is 0 Å². The Balaban J connectivity index is 1.58. The van der Waals surface area contributed by atoms with Crippen LogP contribution in [-0.2, 0) is 23.9 Å². The van der Waals surface area contributed by atoms with Gasteiger partial charge in [-0.05, 0) is 74.0 Å². The second-order valence-corrected chi connectivity index (χ2v) is 10.3. The molecule has 8 atom stereocenters. The van der Waals surface area contributed by atoms with Crippen molar-refractivity contribution in [1.82, 2.24) is 0 Å². The molecule has 4 saturated carbocycles. The third-order valence-electron chi connectivity index (χ3n) is 9.03. The highest BCUT2D eigenvalue weighted by Crippen LogP contribution is 2.66. The van der Waals surface area contributed by atoms with Crippen molar-refractivity contribution in [3.8, 4) is 0 Å². The van der Waals surface area contributed by atoms with E-state index in [4.69, 9.17) is 9.47 Å². The lowest BCUT2D eigenvalue weighted by atomic mass is 9.45. The van der Waals surface area contributed by atoms with Gasteiger partial charge < -0.3 is 9.47 Å². The summed E-state index contributed by atoms with van der Waals surface area (Å²) in [6.45, 7) is 7.58. The number of esters is 2. The summed E-state index contributed by atoms with van der Waals surface area (Å²) in [5.41, 5.74) is 0.133. The Labute approximate surface area is 167 Å². The first-order valence-electron chi connectivity index (χ1n) is 11.0. The highest BCUT2D eigenvalue weighted by atomic mass is 16.5. The maximum Gasteiger partial charge on any atom is 0.303 e. The van der Waals surface area contributed by atoms with E-state index in [9.17, 15) is 14.4 Å². The van der Waals surface area contributed by atoms with Gasteiger partial charge in [-0.2, -0.15) is 0 Å². The molecule has 0 aromatic heterocycles. The lowest BCUT2D eigenvalue weighted by Crippen LogP contribution is -2.56. The Morgan fingerprint density at radius 1 is 0.893 bits per heavy atom. The minimum Gasteiger partial charge on any atom is -0.462 e. The predicted octanol–water partition coefficient (Wildman–Crippen LogP) is 4.07. The maximum absolute atomic E-state index is 12.5. The van der Waals surface area contributed by atoms with Crippen LogP contribution in [0, 0.1) is 34.5 Å². The minimum absolute atomic E-state index is 0.0446. The Kier molecular flexibility index (Phi) is 4.86. The molecule has 5 heteroatoms. The van der Waals surface area contributed by atoms with E-state index in [-0.39, 0.29) is 34.7 Å². The van der Waals surface area contributed by atoms with Crippen molar-refractivity contribution in [3.63, 3.8) is 0 Å². The van der Waals surface area contributed by atoms with E-state index in [2.05, 4.69) is 13.8 Å². The SMILES string of the molecule is CC(=O)O[C@@H]1C[C@@]2(C)[C@@H](CC[C@H]3[C@H]2CC[C@]2(C)[C@H](OC(C)=O)CC[C@@H]32)CC1=O. The average Bonchev–Trinajstić information content (AvgIpc) is 2.92. The van der Waals surface area contributed by atoms with Gasteiger partial charge in [0, 0.05) is 25.7 Å². The van der Waals surface area contributed by atoms with Crippen LogP contribution in [-0.4, -0.2) is 29.9 Å². The Morgan fingerprint density at radius 2 is 1.57 bits per heavy atom. The second kappa shape index (κ2) is 6.84. The Morgan fingerprint density at radius 3 is 2.25 bits per heavy atom. The molecular formula is C23H34O5. The molecule has 0 saturated heterocycles. The van der Waals surface area contributed by atoms with Gasteiger partial charge in [0.05, 0.1) is 0 Å². The largest absolute Gasteiger partial charge is 0.462 e.